The highest BCUT2D eigenvalue weighted by atomic mass is 14.9. The van der Waals surface area contributed by atoms with Crippen molar-refractivity contribution < 1.29 is 0 Å². The van der Waals surface area contributed by atoms with Crippen LogP contribution in [-0.2, 0) is 0 Å². The summed E-state index contributed by atoms with van der Waals surface area (Å²) in [5.74, 6) is 0. The van der Waals surface area contributed by atoms with Crippen LogP contribution in [0.5, 0.6) is 0 Å². The minimum atomic E-state index is 0.482. The SMILES string of the molecule is CCCCCCCC(CCC(C)(C)C)NCC. The minimum Gasteiger partial charge on any atom is -0.314 e. The molecule has 0 radical (unpaired) electrons. The number of rotatable bonds is 10. The molecule has 0 aliphatic carbocycles. The van der Waals surface area contributed by atoms with Gasteiger partial charge in [0.2, 0.25) is 0 Å². The molecule has 1 atom stereocenters. The first-order valence-electron chi connectivity index (χ1n) is 7.73. The van der Waals surface area contributed by atoms with Gasteiger partial charge < -0.3 is 5.32 Å². The van der Waals surface area contributed by atoms with E-state index in [1.54, 1.807) is 0 Å². The first kappa shape index (κ1) is 17.0. The van der Waals surface area contributed by atoms with Gasteiger partial charge in [-0.1, -0.05) is 66.7 Å². The predicted molar refractivity (Wildman–Crippen MR) is 79.5 cm³/mol. The Kier molecular flexibility index (Phi) is 9.91. The summed E-state index contributed by atoms with van der Waals surface area (Å²) in [5, 5.41) is 3.65. The van der Waals surface area contributed by atoms with Gasteiger partial charge in [-0.15, -0.1) is 0 Å². The van der Waals surface area contributed by atoms with E-state index >= 15 is 0 Å². The summed E-state index contributed by atoms with van der Waals surface area (Å²) in [6.45, 7) is 12.7. The largest absolute Gasteiger partial charge is 0.314 e. The molecule has 1 N–H and O–H groups in total. The first-order chi connectivity index (χ1) is 7.99. The van der Waals surface area contributed by atoms with E-state index in [4.69, 9.17) is 0 Å². The van der Waals surface area contributed by atoms with Crippen molar-refractivity contribution in [3.63, 3.8) is 0 Å². The molecule has 0 aromatic heterocycles. The summed E-state index contributed by atoms with van der Waals surface area (Å²) in [4.78, 5) is 0. The number of unbranched alkanes of at least 4 members (excludes halogenated alkanes) is 4. The predicted octanol–water partition coefficient (Wildman–Crippen LogP) is 5.15. The molecule has 104 valence electrons. The summed E-state index contributed by atoms with van der Waals surface area (Å²) < 4.78 is 0. The fourth-order valence-electron chi connectivity index (χ4n) is 2.24. The molecule has 0 heterocycles. The molecular formula is C16H35N. The van der Waals surface area contributed by atoms with Gasteiger partial charge in [-0.2, -0.15) is 0 Å². The zero-order valence-electron chi connectivity index (χ0n) is 12.9. The van der Waals surface area contributed by atoms with Gasteiger partial charge in [-0.25, -0.2) is 0 Å². The van der Waals surface area contributed by atoms with Gasteiger partial charge in [0.15, 0.2) is 0 Å². The molecule has 0 aliphatic rings. The third-order valence-corrected chi connectivity index (χ3v) is 3.39. The van der Waals surface area contributed by atoms with Crippen LogP contribution in [0.4, 0.5) is 0 Å². The number of hydrogen-bond donors (Lipinski definition) is 1. The number of hydrogen-bond acceptors (Lipinski definition) is 1. The molecule has 1 unspecified atom stereocenters. The standard InChI is InChI=1S/C16H35N/c1-6-8-9-10-11-12-15(17-7-2)13-14-16(3,4)5/h15,17H,6-14H2,1-5H3. The quantitative estimate of drug-likeness (QED) is 0.521. The van der Waals surface area contributed by atoms with Gasteiger partial charge in [0, 0.05) is 6.04 Å². The van der Waals surface area contributed by atoms with Crippen LogP contribution in [0, 0.1) is 5.41 Å². The normalized spacial score (nSPS) is 13.9. The van der Waals surface area contributed by atoms with Gasteiger partial charge in [0.1, 0.15) is 0 Å². The van der Waals surface area contributed by atoms with E-state index in [9.17, 15) is 0 Å². The molecule has 1 heteroatoms. The fourth-order valence-corrected chi connectivity index (χ4v) is 2.24. The zero-order valence-corrected chi connectivity index (χ0v) is 12.9. The highest BCUT2D eigenvalue weighted by Gasteiger charge is 2.14. The van der Waals surface area contributed by atoms with E-state index in [-0.39, 0.29) is 0 Å². The van der Waals surface area contributed by atoms with Crippen LogP contribution in [0.1, 0.15) is 86.0 Å². The van der Waals surface area contributed by atoms with Crippen LogP contribution >= 0.6 is 0 Å². The maximum atomic E-state index is 3.65. The Hall–Kier alpha value is -0.0400. The van der Waals surface area contributed by atoms with E-state index < -0.39 is 0 Å². The second-order valence-corrected chi connectivity index (χ2v) is 6.56. The molecular weight excluding hydrogens is 206 g/mol. The Morgan fingerprint density at radius 1 is 0.882 bits per heavy atom. The van der Waals surface area contributed by atoms with Crippen molar-refractivity contribution in [3.8, 4) is 0 Å². The fraction of sp³-hybridized carbons (Fsp3) is 1.00. The van der Waals surface area contributed by atoms with E-state index in [1.165, 1.54) is 51.4 Å². The molecule has 1 nitrogen and oxygen atoms in total. The lowest BCUT2D eigenvalue weighted by Gasteiger charge is -2.23. The Labute approximate surface area is 110 Å². The van der Waals surface area contributed by atoms with Crippen LogP contribution in [0.25, 0.3) is 0 Å². The van der Waals surface area contributed by atoms with Crippen molar-refractivity contribution in [1.29, 1.82) is 0 Å². The molecule has 17 heavy (non-hydrogen) atoms. The second kappa shape index (κ2) is 9.94. The lowest BCUT2D eigenvalue weighted by Crippen LogP contribution is -2.30. The Morgan fingerprint density at radius 2 is 1.53 bits per heavy atom. The third-order valence-electron chi connectivity index (χ3n) is 3.39. The lowest BCUT2D eigenvalue weighted by molar-refractivity contribution is 0.320. The molecule has 0 fully saturated rings. The molecule has 0 rings (SSSR count). The van der Waals surface area contributed by atoms with Crippen LogP contribution in [0.3, 0.4) is 0 Å². The van der Waals surface area contributed by atoms with E-state index in [2.05, 4.69) is 39.9 Å². The summed E-state index contributed by atoms with van der Waals surface area (Å²) in [6, 6.07) is 0.751. The summed E-state index contributed by atoms with van der Waals surface area (Å²) in [6.07, 6.45) is 11.1. The Bertz CT molecular complexity index is 157. The molecule has 0 bridgehead atoms. The van der Waals surface area contributed by atoms with Crippen molar-refractivity contribution >= 4 is 0 Å². The molecule has 0 aromatic rings. The van der Waals surface area contributed by atoms with Crippen molar-refractivity contribution in [1.82, 2.24) is 5.32 Å². The second-order valence-electron chi connectivity index (χ2n) is 6.56. The summed E-state index contributed by atoms with van der Waals surface area (Å²) in [5.41, 5.74) is 0.482. The smallest absolute Gasteiger partial charge is 0.00671 e. The zero-order chi connectivity index (χ0) is 13.1. The Balaban J connectivity index is 3.67. The highest BCUT2D eigenvalue weighted by Crippen LogP contribution is 2.23. The van der Waals surface area contributed by atoms with Gasteiger partial charge in [0.25, 0.3) is 0 Å². The van der Waals surface area contributed by atoms with E-state index in [1.807, 2.05) is 0 Å². The third kappa shape index (κ3) is 12.2. The maximum absolute atomic E-state index is 3.65. The first-order valence-corrected chi connectivity index (χ1v) is 7.73. The van der Waals surface area contributed by atoms with Gasteiger partial charge >= 0.3 is 0 Å². The van der Waals surface area contributed by atoms with Gasteiger partial charge in [-0.3, -0.25) is 0 Å². The molecule has 0 spiro atoms. The average molecular weight is 241 g/mol. The topological polar surface area (TPSA) is 12.0 Å². The monoisotopic (exact) mass is 241 g/mol. The maximum Gasteiger partial charge on any atom is 0.00671 e. The van der Waals surface area contributed by atoms with Crippen LogP contribution < -0.4 is 5.32 Å². The summed E-state index contributed by atoms with van der Waals surface area (Å²) >= 11 is 0. The highest BCUT2D eigenvalue weighted by molar-refractivity contribution is 4.71. The van der Waals surface area contributed by atoms with Crippen molar-refractivity contribution in [2.24, 2.45) is 5.41 Å². The molecule has 0 amide bonds. The minimum absolute atomic E-state index is 0.482. The van der Waals surface area contributed by atoms with Crippen LogP contribution in [-0.4, -0.2) is 12.6 Å². The Morgan fingerprint density at radius 3 is 2.06 bits per heavy atom. The molecule has 0 aromatic carbocycles. The molecule has 0 saturated heterocycles. The average Bonchev–Trinajstić information content (AvgIpc) is 2.24. The van der Waals surface area contributed by atoms with Crippen molar-refractivity contribution in [2.75, 3.05) is 6.54 Å². The van der Waals surface area contributed by atoms with Gasteiger partial charge in [0.05, 0.1) is 0 Å². The number of nitrogens with one attached hydrogen (secondary N) is 1. The van der Waals surface area contributed by atoms with Crippen molar-refractivity contribution in [3.05, 3.63) is 0 Å². The van der Waals surface area contributed by atoms with Crippen LogP contribution in [0.2, 0.25) is 0 Å². The van der Waals surface area contributed by atoms with Crippen molar-refractivity contribution in [2.45, 2.75) is 92.0 Å². The molecule has 0 saturated carbocycles. The lowest BCUT2D eigenvalue weighted by atomic mass is 9.87. The van der Waals surface area contributed by atoms with Gasteiger partial charge in [-0.05, 0) is 31.2 Å². The van der Waals surface area contributed by atoms with E-state index in [0.717, 1.165) is 12.6 Å². The van der Waals surface area contributed by atoms with E-state index in [0.29, 0.717) is 5.41 Å². The summed E-state index contributed by atoms with van der Waals surface area (Å²) in [7, 11) is 0. The van der Waals surface area contributed by atoms with Crippen LogP contribution in [0.15, 0.2) is 0 Å². The molecule has 0 aliphatic heterocycles.